The van der Waals surface area contributed by atoms with Gasteiger partial charge < -0.3 is 5.32 Å². The van der Waals surface area contributed by atoms with Crippen molar-refractivity contribution in [2.24, 2.45) is 5.10 Å². The number of anilines is 1. The van der Waals surface area contributed by atoms with E-state index in [-0.39, 0.29) is 23.6 Å². The SMILES string of the molecule is C/C(CC(=O)Nc1cccc(Cl)c1C)=N/NC(=O)c1ccccc1[N+](=O)[O-]. The number of nitrogens with one attached hydrogen (secondary N) is 2. The number of para-hydroxylation sites is 1. The number of nitro groups is 1. The van der Waals surface area contributed by atoms with Gasteiger partial charge in [-0.2, -0.15) is 5.10 Å². The second-order valence-electron chi connectivity index (χ2n) is 5.70. The molecule has 0 aliphatic carbocycles. The van der Waals surface area contributed by atoms with Crippen LogP contribution in [0.2, 0.25) is 5.02 Å². The smallest absolute Gasteiger partial charge is 0.282 e. The Kier molecular flexibility index (Phi) is 6.62. The van der Waals surface area contributed by atoms with Crippen molar-refractivity contribution in [2.45, 2.75) is 20.3 Å². The van der Waals surface area contributed by atoms with Gasteiger partial charge in [-0.3, -0.25) is 19.7 Å². The lowest BCUT2D eigenvalue weighted by Crippen LogP contribution is -2.22. The summed E-state index contributed by atoms with van der Waals surface area (Å²) < 4.78 is 0. The largest absolute Gasteiger partial charge is 0.325 e. The molecule has 2 N–H and O–H groups in total. The van der Waals surface area contributed by atoms with Gasteiger partial charge in [-0.25, -0.2) is 5.43 Å². The number of halogens is 1. The minimum Gasteiger partial charge on any atom is -0.325 e. The van der Waals surface area contributed by atoms with Crippen LogP contribution in [0.5, 0.6) is 0 Å². The molecule has 0 atom stereocenters. The third-order valence-electron chi connectivity index (χ3n) is 3.65. The van der Waals surface area contributed by atoms with Gasteiger partial charge in [0.15, 0.2) is 0 Å². The highest BCUT2D eigenvalue weighted by Gasteiger charge is 2.18. The first-order valence-electron chi connectivity index (χ1n) is 7.91. The molecular weight excluding hydrogens is 372 g/mol. The average Bonchev–Trinajstić information content (AvgIpc) is 2.63. The topological polar surface area (TPSA) is 114 Å². The van der Waals surface area contributed by atoms with Crippen molar-refractivity contribution in [3.8, 4) is 0 Å². The van der Waals surface area contributed by atoms with E-state index in [9.17, 15) is 19.7 Å². The summed E-state index contributed by atoms with van der Waals surface area (Å²) in [7, 11) is 0. The van der Waals surface area contributed by atoms with Crippen molar-refractivity contribution in [1.82, 2.24) is 5.43 Å². The Bertz CT molecular complexity index is 927. The van der Waals surface area contributed by atoms with Crippen LogP contribution in [0.3, 0.4) is 0 Å². The van der Waals surface area contributed by atoms with Gasteiger partial charge in [0.25, 0.3) is 11.6 Å². The number of carbonyl (C=O) groups is 2. The van der Waals surface area contributed by atoms with Crippen LogP contribution < -0.4 is 10.7 Å². The monoisotopic (exact) mass is 388 g/mol. The van der Waals surface area contributed by atoms with E-state index in [1.807, 2.05) is 0 Å². The van der Waals surface area contributed by atoms with Crippen LogP contribution in [-0.4, -0.2) is 22.4 Å². The average molecular weight is 389 g/mol. The number of nitro benzene ring substituents is 1. The molecule has 2 amide bonds. The van der Waals surface area contributed by atoms with Crippen molar-refractivity contribution >= 4 is 40.5 Å². The van der Waals surface area contributed by atoms with Crippen LogP contribution in [-0.2, 0) is 4.79 Å². The molecule has 27 heavy (non-hydrogen) atoms. The first-order chi connectivity index (χ1) is 12.8. The molecule has 2 rings (SSSR count). The molecule has 2 aromatic carbocycles. The number of hydrazone groups is 1. The molecule has 0 fully saturated rings. The Balaban J connectivity index is 2.00. The Morgan fingerprint density at radius 3 is 2.59 bits per heavy atom. The molecule has 8 nitrogen and oxygen atoms in total. The van der Waals surface area contributed by atoms with Gasteiger partial charge in [-0.15, -0.1) is 0 Å². The Hall–Kier alpha value is -3.26. The number of rotatable bonds is 6. The van der Waals surface area contributed by atoms with Crippen LogP contribution in [0, 0.1) is 17.0 Å². The van der Waals surface area contributed by atoms with Crippen molar-refractivity contribution in [2.75, 3.05) is 5.32 Å². The normalized spacial score (nSPS) is 11.0. The molecule has 0 aliphatic rings. The summed E-state index contributed by atoms with van der Waals surface area (Å²) in [6.07, 6.45) is -0.0664. The van der Waals surface area contributed by atoms with Crippen molar-refractivity contribution in [1.29, 1.82) is 0 Å². The number of hydrogen-bond donors (Lipinski definition) is 2. The predicted molar refractivity (Wildman–Crippen MR) is 103 cm³/mol. The molecule has 0 heterocycles. The van der Waals surface area contributed by atoms with E-state index in [0.717, 1.165) is 5.56 Å². The number of carbonyl (C=O) groups excluding carboxylic acids is 2. The highest BCUT2D eigenvalue weighted by atomic mass is 35.5. The number of amides is 2. The number of benzene rings is 2. The van der Waals surface area contributed by atoms with Crippen LogP contribution in [0.4, 0.5) is 11.4 Å². The van der Waals surface area contributed by atoms with Gasteiger partial charge in [0.1, 0.15) is 5.56 Å². The Morgan fingerprint density at radius 1 is 1.19 bits per heavy atom. The van der Waals surface area contributed by atoms with E-state index in [1.54, 1.807) is 32.0 Å². The second-order valence-corrected chi connectivity index (χ2v) is 6.11. The second kappa shape index (κ2) is 8.91. The van der Waals surface area contributed by atoms with Crippen molar-refractivity contribution < 1.29 is 14.5 Å². The lowest BCUT2D eigenvalue weighted by atomic mass is 10.2. The van der Waals surface area contributed by atoms with Crippen LogP contribution in [0.25, 0.3) is 0 Å². The first-order valence-corrected chi connectivity index (χ1v) is 8.29. The fraction of sp³-hybridized carbons (Fsp3) is 0.167. The maximum absolute atomic E-state index is 12.1. The molecule has 0 unspecified atom stereocenters. The fourth-order valence-electron chi connectivity index (χ4n) is 2.24. The molecule has 0 aliphatic heterocycles. The number of hydrogen-bond acceptors (Lipinski definition) is 5. The highest BCUT2D eigenvalue weighted by molar-refractivity contribution is 6.31. The van der Waals surface area contributed by atoms with Gasteiger partial charge >= 0.3 is 0 Å². The maximum atomic E-state index is 12.1. The summed E-state index contributed by atoms with van der Waals surface area (Å²) in [5.41, 5.74) is 3.45. The van der Waals surface area contributed by atoms with Gasteiger partial charge in [0, 0.05) is 22.5 Å². The Morgan fingerprint density at radius 2 is 1.89 bits per heavy atom. The Labute approximate surface area is 160 Å². The van der Waals surface area contributed by atoms with E-state index in [1.165, 1.54) is 24.3 Å². The zero-order valence-corrected chi connectivity index (χ0v) is 15.4. The first kappa shape index (κ1) is 20.1. The zero-order chi connectivity index (χ0) is 20.0. The number of nitrogens with zero attached hydrogens (tertiary/aromatic N) is 2. The molecule has 0 spiro atoms. The highest BCUT2D eigenvalue weighted by Crippen LogP contribution is 2.23. The van der Waals surface area contributed by atoms with Crippen LogP contribution in [0.15, 0.2) is 47.6 Å². The summed E-state index contributed by atoms with van der Waals surface area (Å²) in [5, 5.41) is 18.0. The predicted octanol–water partition coefficient (Wildman–Crippen LogP) is 3.69. The van der Waals surface area contributed by atoms with Gasteiger partial charge in [0.05, 0.1) is 11.3 Å². The molecule has 0 aromatic heterocycles. The zero-order valence-electron chi connectivity index (χ0n) is 14.7. The maximum Gasteiger partial charge on any atom is 0.282 e. The molecule has 0 bridgehead atoms. The fourth-order valence-corrected chi connectivity index (χ4v) is 2.41. The van der Waals surface area contributed by atoms with E-state index in [0.29, 0.717) is 16.4 Å². The molecule has 0 radical (unpaired) electrons. The third-order valence-corrected chi connectivity index (χ3v) is 4.06. The third kappa shape index (κ3) is 5.35. The van der Waals surface area contributed by atoms with Gasteiger partial charge in [0.2, 0.25) is 5.91 Å². The van der Waals surface area contributed by atoms with Crippen molar-refractivity contribution in [3.05, 3.63) is 68.7 Å². The summed E-state index contributed by atoms with van der Waals surface area (Å²) in [6.45, 7) is 3.34. The minimum absolute atomic E-state index is 0.0664. The van der Waals surface area contributed by atoms with E-state index < -0.39 is 10.8 Å². The van der Waals surface area contributed by atoms with Gasteiger partial charge in [-0.05, 0) is 37.6 Å². The molecular formula is C18H17ClN4O4. The molecule has 0 saturated carbocycles. The molecule has 0 saturated heterocycles. The summed E-state index contributed by atoms with van der Waals surface area (Å²) in [4.78, 5) is 34.5. The lowest BCUT2D eigenvalue weighted by molar-refractivity contribution is -0.385. The summed E-state index contributed by atoms with van der Waals surface area (Å²) >= 11 is 6.01. The molecule has 140 valence electrons. The van der Waals surface area contributed by atoms with Gasteiger partial charge in [-0.1, -0.05) is 29.8 Å². The quantitative estimate of drug-likeness (QED) is 0.446. The minimum atomic E-state index is -0.729. The standard InChI is InChI=1S/C18H17ClN4O4/c1-11(10-17(24)20-15-8-5-7-14(19)12(15)2)21-22-18(25)13-6-3-4-9-16(13)23(26)27/h3-9H,10H2,1-2H3,(H,20,24)(H,22,25)/b21-11-. The van der Waals surface area contributed by atoms with E-state index in [4.69, 9.17) is 11.6 Å². The molecule has 2 aromatic rings. The van der Waals surface area contributed by atoms with Crippen LogP contribution in [0.1, 0.15) is 29.3 Å². The lowest BCUT2D eigenvalue weighted by Gasteiger charge is -2.09. The summed E-state index contributed by atoms with van der Waals surface area (Å²) in [6, 6.07) is 10.7. The molecule has 9 heteroatoms. The van der Waals surface area contributed by atoms with E-state index >= 15 is 0 Å². The van der Waals surface area contributed by atoms with Crippen molar-refractivity contribution in [3.63, 3.8) is 0 Å². The van der Waals surface area contributed by atoms with E-state index in [2.05, 4.69) is 15.8 Å². The van der Waals surface area contributed by atoms with Crippen LogP contribution >= 0.6 is 11.6 Å². The summed E-state index contributed by atoms with van der Waals surface area (Å²) in [5.74, 6) is -1.06.